The Morgan fingerprint density at radius 3 is 2.76 bits per heavy atom. The number of benzene rings is 2. The highest BCUT2D eigenvalue weighted by Crippen LogP contribution is 2.37. The third-order valence-electron chi connectivity index (χ3n) is 4.63. The van der Waals surface area contributed by atoms with E-state index >= 15 is 0 Å². The minimum Gasteiger partial charge on any atom is -0.508 e. The lowest BCUT2D eigenvalue weighted by Gasteiger charge is -2.10. The maximum atomic E-state index is 11.9. The van der Waals surface area contributed by atoms with Crippen molar-refractivity contribution in [3.8, 4) is 11.5 Å². The summed E-state index contributed by atoms with van der Waals surface area (Å²) in [6.07, 6.45) is 5.64. The number of amides is 1. The van der Waals surface area contributed by atoms with Crippen LogP contribution in [0.25, 0.3) is 6.08 Å². The molecule has 0 saturated carbocycles. The first-order valence-electron chi connectivity index (χ1n) is 9.61. The molecule has 0 radical (unpaired) electrons. The van der Waals surface area contributed by atoms with Crippen LogP contribution in [-0.4, -0.2) is 30.1 Å². The molecule has 0 bridgehead atoms. The molecule has 0 saturated heterocycles. The summed E-state index contributed by atoms with van der Waals surface area (Å²) in [6.45, 7) is 1.14. The van der Waals surface area contributed by atoms with Gasteiger partial charge in [-0.1, -0.05) is 18.2 Å². The van der Waals surface area contributed by atoms with Crippen molar-refractivity contribution in [2.45, 2.75) is 25.4 Å². The number of unbranched alkanes of at least 4 members (excludes halogenated alkanes) is 1. The molecular formula is C22H26N4O3. The number of nitrogens with one attached hydrogen (secondary N) is 1. The van der Waals surface area contributed by atoms with Gasteiger partial charge in [-0.05, 0) is 59.9 Å². The number of carbonyl (C=O) groups excluding carboxylic acids is 1. The molecule has 0 unspecified atom stereocenters. The van der Waals surface area contributed by atoms with Gasteiger partial charge in [0.1, 0.15) is 17.6 Å². The van der Waals surface area contributed by atoms with Crippen molar-refractivity contribution in [1.29, 1.82) is 0 Å². The summed E-state index contributed by atoms with van der Waals surface area (Å²) in [7, 11) is 0. The maximum absolute atomic E-state index is 11.9. The summed E-state index contributed by atoms with van der Waals surface area (Å²) in [5.74, 6) is 1.05. The molecule has 0 fully saturated rings. The van der Waals surface area contributed by atoms with Crippen LogP contribution in [0, 0.1) is 0 Å². The van der Waals surface area contributed by atoms with Crippen LogP contribution in [0.15, 0.2) is 53.5 Å². The van der Waals surface area contributed by atoms with Crippen LogP contribution in [0.2, 0.25) is 0 Å². The second kappa shape index (κ2) is 9.64. The predicted octanol–water partition coefficient (Wildman–Crippen LogP) is 2.25. The molecule has 1 atom stereocenters. The fraction of sp³-hybridized carbons (Fsp3) is 0.273. The molecule has 7 nitrogen and oxygen atoms in total. The number of aromatic hydroxyl groups is 1. The van der Waals surface area contributed by atoms with Gasteiger partial charge < -0.3 is 26.6 Å². The Morgan fingerprint density at radius 2 is 2.00 bits per heavy atom. The van der Waals surface area contributed by atoms with Crippen LogP contribution in [-0.2, 0) is 11.2 Å². The lowest BCUT2D eigenvalue weighted by atomic mass is 10.0. The normalized spacial score (nSPS) is 15.0. The van der Waals surface area contributed by atoms with E-state index in [9.17, 15) is 9.90 Å². The Morgan fingerprint density at radius 1 is 1.21 bits per heavy atom. The van der Waals surface area contributed by atoms with Gasteiger partial charge in [0.15, 0.2) is 5.96 Å². The zero-order valence-corrected chi connectivity index (χ0v) is 16.2. The molecule has 2 aromatic carbocycles. The Balaban J connectivity index is 1.48. The lowest BCUT2D eigenvalue weighted by molar-refractivity contribution is -0.116. The highest BCUT2D eigenvalue weighted by atomic mass is 16.5. The SMILES string of the molecule is NC(N)=NCCCCNC(=O)/C=C/c1ccc2c(c1)C[C@H](c1ccc(O)cc1)O2. The van der Waals surface area contributed by atoms with Gasteiger partial charge in [-0.2, -0.15) is 0 Å². The number of carbonyl (C=O) groups is 1. The average Bonchev–Trinajstić information content (AvgIpc) is 3.12. The predicted molar refractivity (Wildman–Crippen MR) is 114 cm³/mol. The first-order valence-corrected chi connectivity index (χ1v) is 9.61. The summed E-state index contributed by atoms with van der Waals surface area (Å²) in [4.78, 5) is 15.8. The molecule has 1 heterocycles. The largest absolute Gasteiger partial charge is 0.508 e. The number of aliphatic imine (C=N–C) groups is 1. The number of phenolic OH excluding ortho intramolecular Hbond substituents is 1. The van der Waals surface area contributed by atoms with Gasteiger partial charge in [-0.3, -0.25) is 9.79 Å². The number of ether oxygens (including phenoxy) is 1. The lowest BCUT2D eigenvalue weighted by Crippen LogP contribution is -2.24. The van der Waals surface area contributed by atoms with E-state index in [1.54, 1.807) is 18.2 Å². The van der Waals surface area contributed by atoms with Gasteiger partial charge in [0.2, 0.25) is 5.91 Å². The van der Waals surface area contributed by atoms with E-state index in [2.05, 4.69) is 10.3 Å². The molecule has 2 aromatic rings. The van der Waals surface area contributed by atoms with Crippen LogP contribution in [0.3, 0.4) is 0 Å². The van der Waals surface area contributed by atoms with Gasteiger partial charge in [0, 0.05) is 25.6 Å². The summed E-state index contributed by atoms with van der Waals surface area (Å²) in [5, 5.41) is 12.3. The van der Waals surface area contributed by atoms with Crippen molar-refractivity contribution in [3.05, 3.63) is 65.2 Å². The molecule has 29 heavy (non-hydrogen) atoms. The Hall–Kier alpha value is -3.48. The van der Waals surface area contributed by atoms with E-state index in [1.807, 2.05) is 30.3 Å². The number of phenols is 1. The molecule has 1 aliphatic rings. The highest BCUT2D eigenvalue weighted by molar-refractivity contribution is 5.91. The first-order chi connectivity index (χ1) is 14.0. The molecule has 3 rings (SSSR count). The molecule has 7 heteroatoms. The third kappa shape index (κ3) is 6.00. The van der Waals surface area contributed by atoms with E-state index in [-0.39, 0.29) is 23.7 Å². The van der Waals surface area contributed by atoms with Crippen LogP contribution in [0.4, 0.5) is 0 Å². The van der Waals surface area contributed by atoms with Crippen LogP contribution in [0.5, 0.6) is 11.5 Å². The van der Waals surface area contributed by atoms with Crippen LogP contribution >= 0.6 is 0 Å². The second-order valence-corrected chi connectivity index (χ2v) is 6.91. The number of nitrogens with two attached hydrogens (primary N) is 2. The first kappa shape index (κ1) is 20.3. The van der Waals surface area contributed by atoms with Crippen molar-refractivity contribution in [1.82, 2.24) is 5.32 Å². The van der Waals surface area contributed by atoms with Crippen molar-refractivity contribution in [2.24, 2.45) is 16.5 Å². The number of hydrogen-bond acceptors (Lipinski definition) is 4. The quantitative estimate of drug-likeness (QED) is 0.237. The highest BCUT2D eigenvalue weighted by Gasteiger charge is 2.24. The van der Waals surface area contributed by atoms with Crippen LogP contribution < -0.4 is 21.5 Å². The second-order valence-electron chi connectivity index (χ2n) is 6.91. The standard InChI is InChI=1S/C22H26N4O3/c23-22(24)26-12-2-1-11-25-21(28)10-4-15-3-9-19-17(13-15)14-20(29-19)16-5-7-18(27)8-6-16/h3-10,13,20,27H,1-2,11-12,14H2,(H,25,28)(H4,23,24,26)/b10-4+/t20-/m1/s1. The Kier molecular flexibility index (Phi) is 6.73. The van der Waals surface area contributed by atoms with E-state index in [0.29, 0.717) is 13.1 Å². The van der Waals surface area contributed by atoms with Gasteiger partial charge in [-0.25, -0.2) is 0 Å². The van der Waals surface area contributed by atoms with Gasteiger partial charge in [0.25, 0.3) is 0 Å². The van der Waals surface area contributed by atoms with Gasteiger partial charge in [-0.15, -0.1) is 0 Å². The number of hydrogen-bond donors (Lipinski definition) is 4. The van der Waals surface area contributed by atoms with Gasteiger partial charge in [0.05, 0.1) is 0 Å². The van der Waals surface area contributed by atoms with E-state index < -0.39 is 0 Å². The number of guanidine groups is 1. The smallest absolute Gasteiger partial charge is 0.243 e. The Labute approximate surface area is 170 Å². The topological polar surface area (TPSA) is 123 Å². The zero-order valence-electron chi connectivity index (χ0n) is 16.2. The van der Waals surface area contributed by atoms with Gasteiger partial charge >= 0.3 is 0 Å². The summed E-state index contributed by atoms with van der Waals surface area (Å²) in [6, 6.07) is 13.0. The fourth-order valence-electron chi connectivity index (χ4n) is 3.13. The van der Waals surface area contributed by atoms with Crippen molar-refractivity contribution < 1.29 is 14.6 Å². The monoisotopic (exact) mass is 394 g/mol. The number of rotatable bonds is 8. The van der Waals surface area contributed by atoms with Crippen molar-refractivity contribution in [2.75, 3.05) is 13.1 Å². The minimum absolute atomic E-state index is 0.0629. The number of fused-ring (bicyclic) bond motifs is 1. The summed E-state index contributed by atoms with van der Waals surface area (Å²) in [5.41, 5.74) is 13.6. The summed E-state index contributed by atoms with van der Waals surface area (Å²) >= 11 is 0. The Bertz CT molecular complexity index is 903. The molecule has 0 aromatic heterocycles. The summed E-state index contributed by atoms with van der Waals surface area (Å²) < 4.78 is 6.00. The molecule has 0 spiro atoms. The van der Waals surface area contributed by atoms with E-state index in [0.717, 1.165) is 41.7 Å². The van der Waals surface area contributed by atoms with E-state index in [4.69, 9.17) is 16.2 Å². The molecule has 1 amide bonds. The van der Waals surface area contributed by atoms with Crippen molar-refractivity contribution >= 4 is 17.9 Å². The number of nitrogens with zero attached hydrogens (tertiary/aromatic N) is 1. The molecule has 0 aliphatic carbocycles. The molecule has 152 valence electrons. The zero-order chi connectivity index (χ0) is 20.6. The van der Waals surface area contributed by atoms with Crippen LogP contribution in [0.1, 0.15) is 35.6 Å². The fourth-order valence-corrected chi connectivity index (χ4v) is 3.13. The minimum atomic E-state index is -0.134. The maximum Gasteiger partial charge on any atom is 0.243 e. The van der Waals surface area contributed by atoms with E-state index in [1.165, 1.54) is 6.08 Å². The van der Waals surface area contributed by atoms with Crippen molar-refractivity contribution in [3.63, 3.8) is 0 Å². The molecule has 6 N–H and O–H groups in total. The molecule has 1 aliphatic heterocycles. The third-order valence-corrected chi connectivity index (χ3v) is 4.63. The average molecular weight is 394 g/mol. The molecular weight excluding hydrogens is 368 g/mol.